The molecule has 0 saturated carbocycles. The van der Waals surface area contributed by atoms with Gasteiger partial charge >= 0.3 is 0 Å². The summed E-state index contributed by atoms with van der Waals surface area (Å²) in [5.74, 6) is 2.76. The number of nitrogens with zero attached hydrogens (tertiary/aromatic N) is 2. The average molecular weight is 383 g/mol. The molecule has 0 aliphatic carbocycles. The molecule has 1 aliphatic rings. The van der Waals surface area contributed by atoms with E-state index in [1.807, 2.05) is 49.4 Å². The van der Waals surface area contributed by atoms with Gasteiger partial charge in [-0.3, -0.25) is 0 Å². The number of rotatable bonds is 6. The average Bonchev–Trinajstić information content (AvgIpc) is 3.09. The second-order valence-corrected chi connectivity index (χ2v) is 6.65. The van der Waals surface area contributed by atoms with Gasteiger partial charge in [0.15, 0.2) is 11.5 Å². The monoisotopic (exact) mass is 382 g/mol. The summed E-state index contributed by atoms with van der Waals surface area (Å²) in [6, 6.07) is 15.4. The Labute approximate surface area is 162 Å². The molecule has 2 N–H and O–H groups in total. The van der Waals surface area contributed by atoms with Crippen LogP contribution in [-0.4, -0.2) is 23.3 Å². The fourth-order valence-corrected chi connectivity index (χ4v) is 3.06. The molecule has 6 nitrogen and oxygen atoms in total. The minimum absolute atomic E-state index is 0.250. The minimum atomic E-state index is 0.250. The molecule has 138 valence electrons. The van der Waals surface area contributed by atoms with Crippen molar-refractivity contribution in [3.05, 3.63) is 64.8 Å². The van der Waals surface area contributed by atoms with Crippen molar-refractivity contribution >= 4 is 29.1 Å². The molecule has 2 aromatic carbocycles. The topological polar surface area (TPSA) is 68.3 Å². The lowest BCUT2D eigenvalue weighted by molar-refractivity contribution is 0.174. The normalized spacial score (nSPS) is 12.1. The molecule has 0 bridgehead atoms. The predicted octanol–water partition coefficient (Wildman–Crippen LogP) is 4.57. The molecular weight excluding hydrogens is 364 g/mol. The van der Waals surface area contributed by atoms with E-state index < -0.39 is 0 Å². The molecule has 3 aromatic rings. The molecule has 0 fully saturated rings. The van der Waals surface area contributed by atoms with Crippen molar-refractivity contribution < 1.29 is 9.47 Å². The number of fused-ring (bicyclic) bond motifs is 1. The van der Waals surface area contributed by atoms with Crippen LogP contribution in [0.1, 0.15) is 11.3 Å². The van der Waals surface area contributed by atoms with E-state index in [1.54, 1.807) is 0 Å². The summed E-state index contributed by atoms with van der Waals surface area (Å²) < 4.78 is 10.7. The van der Waals surface area contributed by atoms with Crippen LogP contribution in [0.25, 0.3) is 0 Å². The van der Waals surface area contributed by atoms with Gasteiger partial charge in [-0.2, -0.15) is 4.98 Å². The highest BCUT2D eigenvalue weighted by Crippen LogP contribution is 2.34. The lowest BCUT2D eigenvalue weighted by Crippen LogP contribution is -2.08. The van der Waals surface area contributed by atoms with Crippen LogP contribution in [0, 0.1) is 6.92 Å². The van der Waals surface area contributed by atoms with Crippen molar-refractivity contribution in [2.24, 2.45) is 0 Å². The Kier molecular flexibility index (Phi) is 4.98. The zero-order valence-electron chi connectivity index (χ0n) is 14.8. The van der Waals surface area contributed by atoms with E-state index in [4.69, 9.17) is 21.1 Å². The number of hydrogen-bond donors (Lipinski definition) is 2. The zero-order chi connectivity index (χ0) is 18.6. The summed E-state index contributed by atoms with van der Waals surface area (Å²) in [6.45, 7) is 2.94. The summed E-state index contributed by atoms with van der Waals surface area (Å²) in [5, 5.41) is 7.31. The number of hydrogen-bond acceptors (Lipinski definition) is 6. The fourth-order valence-electron chi connectivity index (χ4n) is 2.85. The molecule has 4 rings (SSSR count). The number of aromatic nitrogens is 2. The van der Waals surface area contributed by atoms with E-state index in [2.05, 4.69) is 26.7 Å². The van der Waals surface area contributed by atoms with E-state index in [0.717, 1.165) is 40.9 Å². The maximum atomic E-state index is 6.03. The van der Waals surface area contributed by atoms with Crippen molar-refractivity contribution in [3.63, 3.8) is 0 Å². The van der Waals surface area contributed by atoms with Crippen LogP contribution in [0.15, 0.2) is 48.5 Å². The molecule has 1 aliphatic heterocycles. The lowest BCUT2D eigenvalue weighted by atomic mass is 10.1. The van der Waals surface area contributed by atoms with Crippen molar-refractivity contribution in [2.75, 3.05) is 24.0 Å². The molecule has 0 atom stereocenters. The Morgan fingerprint density at radius 3 is 2.81 bits per heavy atom. The van der Waals surface area contributed by atoms with Gasteiger partial charge in [-0.25, -0.2) is 4.98 Å². The van der Waals surface area contributed by atoms with Gasteiger partial charge in [0.2, 0.25) is 12.7 Å². The third kappa shape index (κ3) is 4.41. The fraction of sp³-hybridized carbons (Fsp3) is 0.200. The van der Waals surface area contributed by atoms with Gasteiger partial charge in [-0.15, -0.1) is 0 Å². The molecule has 0 unspecified atom stereocenters. The van der Waals surface area contributed by atoms with Gasteiger partial charge in [-0.05, 0) is 43.2 Å². The summed E-state index contributed by atoms with van der Waals surface area (Å²) in [7, 11) is 0. The van der Waals surface area contributed by atoms with E-state index >= 15 is 0 Å². The first-order chi connectivity index (χ1) is 13.2. The number of ether oxygens (including phenoxy) is 2. The molecule has 27 heavy (non-hydrogen) atoms. The molecule has 0 radical (unpaired) electrons. The standard InChI is InChI=1S/C20H19ClN4O2/c1-13-9-19(22-8-7-14-3-2-4-15(21)10-14)25-20(23-13)24-16-5-6-17-18(11-16)27-12-26-17/h2-6,9-11H,7-8,12H2,1H3,(H2,22,23,24,25). The van der Waals surface area contributed by atoms with Crippen LogP contribution >= 0.6 is 11.6 Å². The highest BCUT2D eigenvalue weighted by atomic mass is 35.5. The van der Waals surface area contributed by atoms with Crippen LogP contribution in [0.3, 0.4) is 0 Å². The summed E-state index contributed by atoms with van der Waals surface area (Å²) in [5.41, 5.74) is 2.90. The van der Waals surface area contributed by atoms with Gasteiger partial charge in [0.25, 0.3) is 0 Å². The second-order valence-electron chi connectivity index (χ2n) is 6.22. The maximum absolute atomic E-state index is 6.03. The quantitative estimate of drug-likeness (QED) is 0.651. The Hall–Kier alpha value is -2.99. The molecule has 0 spiro atoms. The van der Waals surface area contributed by atoms with Crippen molar-refractivity contribution in [1.29, 1.82) is 0 Å². The molecule has 0 amide bonds. The largest absolute Gasteiger partial charge is 0.454 e. The predicted molar refractivity (Wildman–Crippen MR) is 106 cm³/mol. The van der Waals surface area contributed by atoms with Crippen LogP contribution in [0.5, 0.6) is 11.5 Å². The summed E-state index contributed by atoms with van der Waals surface area (Å²) in [4.78, 5) is 8.99. The van der Waals surface area contributed by atoms with Crippen LogP contribution < -0.4 is 20.1 Å². The number of aryl methyl sites for hydroxylation is 1. The Morgan fingerprint density at radius 2 is 1.93 bits per heavy atom. The van der Waals surface area contributed by atoms with E-state index in [1.165, 1.54) is 5.56 Å². The van der Waals surface area contributed by atoms with Crippen LogP contribution in [-0.2, 0) is 6.42 Å². The number of nitrogens with one attached hydrogen (secondary N) is 2. The smallest absolute Gasteiger partial charge is 0.231 e. The molecule has 1 aromatic heterocycles. The van der Waals surface area contributed by atoms with Crippen molar-refractivity contribution in [1.82, 2.24) is 9.97 Å². The Bertz CT molecular complexity index is 964. The van der Waals surface area contributed by atoms with Gasteiger partial charge < -0.3 is 20.1 Å². The van der Waals surface area contributed by atoms with Crippen LogP contribution in [0.4, 0.5) is 17.5 Å². The Morgan fingerprint density at radius 1 is 1.04 bits per heavy atom. The van der Waals surface area contributed by atoms with Gasteiger partial charge in [0, 0.05) is 35.1 Å². The van der Waals surface area contributed by atoms with Gasteiger partial charge in [-0.1, -0.05) is 23.7 Å². The molecule has 7 heteroatoms. The lowest BCUT2D eigenvalue weighted by Gasteiger charge is -2.10. The van der Waals surface area contributed by atoms with E-state index in [9.17, 15) is 0 Å². The third-order valence-corrected chi connectivity index (χ3v) is 4.33. The second kappa shape index (κ2) is 7.72. The molecule has 2 heterocycles. The molecule has 0 saturated heterocycles. The van der Waals surface area contributed by atoms with Crippen LogP contribution in [0.2, 0.25) is 5.02 Å². The first-order valence-corrected chi connectivity index (χ1v) is 9.04. The first kappa shape index (κ1) is 17.4. The van der Waals surface area contributed by atoms with E-state index in [0.29, 0.717) is 11.7 Å². The third-order valence-electron chi connectivity index (χ3n) is 4.09. The summed E-state index contributed by atoms with van der Waals surface area (Å²) in [6.07, 6.45) is 0.856. The molecular formula is C20H19ClN4O2. The summed E-state index contributed by atoms with van der Waals surface area (Å²) >= 11 is 6.03. The SMILES string of the molecule is Cc1cc(NCCc2cccc(Cl)c2)nc(Nc2ccc3c(c2)OCO3)n1. The first-order valence-electron chi connectivity index (χ1n) is 8.66. The van der Waals surface area contributed by atoms with Crippen molar-refractivity contribution in [2.45, 2.75) is 13.3 Å². The highest BCUT2D eigenvalue weighted by Gasteiger charge is 2.13. The minimum Gasteiger partial charge on any atom is -0.454 e. The number of benzene rings is 2. The van der Waals surface area contributed by atoms with Crippen molar-refractivity contribution in [3.8, 4) is 11.5 Å². The van der Waals surface area contributed by atoms with Gasteiger partial charge in [0.05, 0.1) is 0 Å². The number of anilines is 3. The maximum Gasteiger partial charge on any atom is 0.231 e. The highest BCUT2D eigenvalue weighted by molar-refractivity contribution is 6.30. The van der Waals surface area contributed by atoms with Gasteiger partial charge in [0.1, 0.15) is 5.82 Å². The Balaban J connectivity index is 1.42. The zero-order valence-corrected chi connectivity index (χ0v) is 15.6. The van der Waals surface area contributed by atoms with E-state index in [-0.39, 0.29) is 6.79 Å². The number of halogens is 1.